The van der Waals surface area contributed by atoms with Crippen molar-refractivity contribution in [3.8, 4) is 6.07 Å². The second kappa shape index (κ2) is 10.3. The molecule has 6 heteroatoms. The number of hydrogen-bond acceptors (Lipinski definition) is 2. The molecule has 1 aliphatic carbocycles. The predicted octanol–water partition coefficient (Wildman–Crippen LogP) is 7.26. The van der Waals surface area contributed by atoms with E-state index in [4.69, 9.17) is 5.26 Å². The number of nitriles is 1. The lowest BCUT2D eigenvalue weighted by Gasteiger charge is -2.28. The van der Waals surface area contributed by atoms with Gasteiger partial charge in [0, 0.05) is 5.56 Å². The minimum atomic E-state index is -3.59. The van der Waals surface area contributed by atoms with Crippen LogP contribution < -0.4 is 0 Å². The zero-order valence-electron chi connectivity index (χ0n) is 17.6. The molecule has 1 fully saturated rings. The van der Waals surface area contributed by atoms with Gasteiger partial charge in [-0.25, -0.2) is 8.78 Å². The first-order chi connectivity index (χ1) is 14.8. The Balaban J connectivity index is 1.57. The van der Waals surface area contributed by atoms with Gasteiger partial charge in [0.15, 0.2) is 0 Å². The first kappa shape index (κ1) is 23.3. The Kier molecular flexibility index (Phi) is 7.72. The van der Waals surface area contributed by atoms with Crippen molar-refractivity contribution >= 4 is 0 Å². The molecule has 0 atom stereocenters. The molecule has 2 aromatic carbocycles. The molecule has 1 aliphatic rings. The summed E-state index contributed by atoms with van der Waals surface area (Å²) in [4.78, 5) is 0. The zero-order chi connectivity index (χ0) is 22.4. The van der Waals surface area contributed by atoms with Crippen LogP contribution in [0.25, 0.3) is 0 Å². The third kappa shape index (κ3) is 6.30. The Hall–Kier alpha value is -2.39. The number of rotatable bonds is 8. The Morgan fingerprint density at radius 1 is 1.03 bits per heavy atom. The van der Waals surface area contributed by atoms with Crippen molar-refractivity contribution in [2.45, 2.75) is 70.5 Å². The van der Waals surface area contributed by atoms with Gasteiger partial charge in [-0.15, -0.1) is 0 Å². The molecule has 0 aromatic heterocycles. The lowest BCUT2D eigenvalue weighted by atomic mass is 9.77. The van der Waals surface area contributed by atoms with Crippen LogP contribution in [0.4, 0.5) is 17.6 Å². The number of nitrogens with zero attached hydrogens (tertiary/aromatic N) is 1. The van der Waals surface area contributed by atoms with Crippen molar-refractivity contribution in [3.63, 3.8) is 0 Å². The van der Waals surface area contributed by atoms with Gasteiger partial charge in [0.2, 0.25) is 0 Å². The van der Waals surface area contributed by atoms with Crippen LogP contribution in [0.1, 0.15) is 73.6 Å². The summed E-state index contributed by atoms with van der Waals surface area (Å²) in [6, 6.07) is 9.69. The third-order valence-electron chi connectivity index (χ3n) is 6.09. The molecule has 2 aromatic rings. The number of benzene rings is 2. The molecule has 0 amide bonds. The summed E-state index contributed by atoms with van der Waals surface area (Å²) in [5, 5.41) is 8.72. The van der Waals surface area contributed by atoms with E-state index in [1.807, 2.05) is 0 Å². The number of halogens is 4. The fraction of sp³-hybridized carbons (Fsp3) is 0.480. The third-order valence-corrected chi connectivity index (χ3v) is 6.09. The number of alkyl halides is 2. The second-order valence-electron chi connectivity index (χ2n) is 8.39. The van der Waals surface area contributed by atoms with Crippen LogP contribution in [0.15, 0.2) is 36.4 Å². The first-order valence-corrected chi connectivity index (χ1v) is 10.8. The van der Waals surface area contributed by atoms with Crippen molar-refractivity contribution in [3.05, 3.63) is 70.3 Å². The Bertz CT molecular complexity index is 930. The highest BCUT2D eigenvalue weighted by Gasteiger charge is 2.31. The molecule has 0 spiro atoms. The summed E-state index contributed by atoms with van der Waals surface area (Å²) in [6.07, 6.45) is 2.31. The minimum absolute atomic E-state index is 0.00371. The van der Waals surface area contributed by atoms with E-state index in [-0.39, 0.29) is 16.7 Å². The molecular formula is C25H27F4NO. The molecule has 2 nitrogen and oxygen atoms in total. The lowest BCUT2D eigenvalue weighted by molar-refractivity contribution is -0.244. The minimum Gasteiger partial charge on any atom is -0.315 e. The fourth-order valence-corrected chi connectivity index (χ4v) is 4.36. The quantitative estimate of drug-likeness (QED) is 0.410. The van der Waals surface area contributed by atoms with Crippen molar-refractivity contribution in [1.82, 2.24) is 0 Å². The highest BCUT2D eigenvalue weighted by atomic mass is 19.3. The number of ether oxygens (including phenoxy) is 1. The molecule has 0 radical (unpaired) electrons. The van der Waals surface area contributed by atoms with E-state index in [0.717, 1.165) is 49.3 Å². The average Bonchev–Trinajstić information content (AvgIpc) is 2.73. The van der Waals surface area contributed by atoms with Crippen molar-refractivity contribution in [2.75, 3.05) is 0 Å². The molecule has 0 saturated heterocycles. The SMILES string of the molecule is CCCC1CCC(c2ccc(COC(F)(F)Cc3ccc(C#N)c(F)c3)c(F)c2)CC1. The van der Waals surface area contributed by atoms with Crippen LogP contribution in [0.5, 0.6) is 0 Å². The largest absolute Gasteiger partial charge is 0.360 e. The van der Waals surface area contributed by atoms with Gasteiger partial charge in [0.1, 0.15) is 17.7 Å². The van der Waals surface area contributed by atoms with Crippen LogP contribution >= 0.6 is 0 Å². The fourth-order valence-electron chi connectivity index (χ4n) is 4.36. The van der Waals surface area contributed by atoms with Gasteiger partial charge in [0.05, 0.1) is 18.6 Å². The topological polar surface area (TPSA) is 33.0 Å². The van der Waals surface area contributed by atoms with E-state index in [1.54, 1.807) is 12.1 Å². The van der Waals surface area contributed by atoms with Crippen LogP contribution in [-0.2, 0) is 17.8 Å². The second-order valence-corrected chi connectivity index (χ2v) is 8.39. The van der Waals surface area contributed by atoms with Crippen molar-refractivity contribution < 1.29 is 22.3 Å². The van der Waals surface area contributed by atoms with Crippen molar-refractivity contribution in [2.24, 2.45) is 5.92 Å². The summed E-state index contributed by atoms with van der Waals surface area (Å²) in [5.41, 5.74) is 0.759. The molecule has 166 valence electrons. The van der Waals surface area contributed by atoms with Gasteiger partial charge in [-0.05, 0) is 66.8 Å². The molecular weight excluding hydrogens is 406 g/mol. The van der Waals surface area contributed by atoms with E-state index < -0.39 is 30.8 Å². The van der Waals surface area contributed by atoms with Gasteiger partial charge in [-0.1, -0.05) is 38.0 Å². The summed E-state index contributed by atoms with van der Waals surface area (Å²) < 4.78 is 61.2. The smallest absolute Gasteiger partial charge is 0.315 e. The maximum atomic E-state index is 14.5. The normalized spacial score (nSPS) is 19.2. The summed E-state index contributed by atoms with van der Waals surface area (Å²) >= 11 is 0. The number of hydrogen-bond donors (Lipinski definition) is 0. The standard InChI is InChI=1S/C25H27F4NO/c1-2-3-17-4-7-19(8-5-17)20-10-11-22(24(27)13-20)16-31-25(28,29)14-18-6-9-21(15-30)23(26)12-18/h6,9-13,17,19H,2-5,7-8,14,16H2,1H3. The average molecular weight is 433 g/mol. The van der Waals surface area contributed by atoms with Gasteiger partial charge < -0.3 is 4.74 Å². The predicted molar refractivity (Wildman–Crippen MR) is 111 cm³/mol. The van der Waals surface area contributed by atoms with E-state index in [2.05, 4.69) is 11.7 Å². The van der Waals surface area contributed by atoms with E-state index in [9.17, 15) is 17.6 Å². The van der Waals surface area contributed by atoms with Gasteiger partial charge in [0.25, 0.3) is 0 Å². The Morgan fingerprint density at radius 2 is 1.77 bits per heavy atom. The van der Waals surface area contributed by atoms with Crippen LogP contribution in [0, 0.1) is 28.9 Å². The lowest BCUT2D eigenvalue weighted by Crippen LogP contribution is -2.24. The molecule has 0 N–H and O–H groups in total. The van der Waals surface area contributed by atoms with Gasteiger partial charge in [-0.3, -0.25) is 0 Å². The zero-order valence-corrected chi connectivity index (χ0v) is 17.6. The van der Waals surface area contributed by atoms with Crippen LogP contribution in [-0.4, -0.2) is 6.11 Å². The van der Waals surface area contributed by atoms with E-state index in [1.165, 1.54) is 31.0 Å². The Morgan fingerprint density at radius 3 is 2.39 bits per heavy atom. The molecule has 0 heterocycles. The molecule has 0 aliphatic heterocycles. The highest BCUT2D eigenvalue weighted by Crippen LogP contribution is 2.38. The molecule has 0 unspecified atom stereocenters. The molecule has 3 rings (SSSR count). The maximum absolute atomic E-state index is 14.5. The summed E-state index contributed by atoms with van der Waals surface area (Å²) in [5.74, 6) is -0.342. The summed E-state index contributed by atoms with van der Waals surface area (Å²) in [7, 11) is 0. The molecule has 1 saturated carbocycles. The van der Waals surface area contributed by atoms with Gasteiger partial charge in [-0.2, -0.15) is 14.0 Å². The van der Waals surface area contributed by atoms with Crippen LogP contribution in [0.2, 0.25) is 0 Å². The van der Waals surface area contributed by atoms with E-state index >= 15 is 0 Å². The molecule has 0 bridgehead atoms. The monoisotopic (exact) mass is 433 g/mol. The van der Waals surface area contributed by atoms with Gasteiger partial charge >= 0.3 is 6.11 Å². The first-order valence-electron chi connectivity index (χ1n) is 10.8. The highest BCUT2D eigenvalue weighted by molar-refractivity contribution is 5.33. The summed E-state index contributed by atoms with van der Waals surface area (Å²) in [6.45, 7) is 1.61. The maximum Gasteiger partial charge on any atom is 0.360 e. The van der Waals surface area contributed by atoms with Crippen molar-refractivity contribution in [1.29, 1.82) is 5.26 Å². The molecule has 31 heavy (non-hydrogen) atoms. The van der Waals surface area contributed by atoms with E-state index in [0.29, 0.717) is 5.92 Å². The van der Waals surface area contributed by atoms with Crippen LogP contribution in [0.3, 0.4) is 0 Å². The Labute approximate surface area is 180 Å².